The summed E-state index contributed by atoms with van der Waals surface area (Å²) in [7, 11) is 0. The molecule has 0 saturated carbocycles. The maximum Gasteiger partial charge on any atom is 0.303 e. The molecule has 0 aliphatic carbocycles. The number of hydrogen-bond donors (Lipinski definition) is 2. The minimum Gasteiger partial charge on any atom is -0.481 e. The van der Waals surface area contributed by atoms with Gasteiger partial charge in [-0.25, -0.2) is 0 Å². The zero-order valence-electron chi connectivity index (χ0n) is 15.1. The third kappa shape index (κ3) is 18.4. The summed E-state index contributed by atoms with van der Waals surface area (Å²) in [6, 6.07) is 0. The molecular formula is C21H34O3. The van der Waals surface area contributed by atoms with Crippen LogP contribution < -0.4 is 0 Å². The quantitative estimate of drug-likeness (QED) is 0.233. The van der Waals surface area contributed by atoms with E-state index >= 15 is 0 Å². The number of hydrogen-bond acceptors (Lipinski definition) is 2. The van der Waals surface area contributed by atoms with Gasteiger partial charge in [-0.1, -0.05) is 81.2 Å². The fraction of sp³-hybridized carbons (Fsp3) is 0.571. The van der Waals surface area contributed by atoms with Crippen LogP contribution in [0.15, 0.2) is 48.6 Å². The van der Waals surface area contributed by atoms with E-state index < -0.39 is 5.97 Å². The molecule has 0 aliphatic rings. The molecule has 0 bridgehead atoms. The molecule has 3 heteroatoms. The fourth-order valence-corrected chi connectivity index (χ4v) is 2.16. The van der Waals surface area contributed by atoms with Gasteiger partial charge in [-0.3, -0.25) is 4.79 Å². The van der Waals surface area contributed by atoms with Crippen molar-refractivity contribution in [1.82, 2.24) is 0 Å². The molecule has 0 aromatic carbocycles. The summed E-state index contributed by atoms with van der Waals surface area (Å²) in [6.07, 6.45) is 24.9. The van der Waals surface area contributed by atoms with Crippen molar-refractivity contribution >= 4 is 5.97 Å². The molecule has 2 N–H and O–H groups in total. The molecule has 3 nitrogen and oxygen atoms in total. The van der Waals surface area contributed by atoms with Gasteiger partial charge in [-0.15, -0.1) is 0 Å². The van der Waals surface area contributed by atoms with Gasteiger partial charge in [0.15, 0.2) is 0 Å². The Labute approximate surface area is 147 Å². The van der Waals surface area contributed by atoms with Gasteiger partial charge in [0, 0.05) is 6.42 Å². The van der Waals surface area contributed by atoms with Crippen molar-refractivity contribution in [2.75, 3.05) is 0 Å². The Balaban J connectivity index is 3.57. The SMILES string of the molecule is CCCCCCC(O)/C=C/C=C/C/C=C/C/C=C/CCCC(=O)O. The van der Waals surface area contributed by atoms with Gasteiger partial charge in [0.05, 0.1) is 6.10 Å². The maximum absolute atomic E-state index is 10.3. The molecule has 0 aliphatic heterocycles. The second-order valence-corrected chi connectivity index (χ2v) is 5.93. The van der Waals surface area contributed by atoms with Gasteiger partial charge in [-0.05, 0) is 32.1 Å². The first kappa shape index (κ1) is 22.4. The zero-order valence-corrected chi connectivity index (χ0v) is 15.1. The lowest BCUT2D eigenvalue weighted by atomic mass is 10.1. The van der Waals surface area contributed by atoms with Gasteiger partial charge < -0.3 is 10.2 Å². The fourth-order valence-electron chi connectivity index (χ4n) is 2.16. The molecule has 0 amide bonds. The summed E-state index contributed by atoms with van der Waals surface area (Å²) in [6.45, 7) is 2.19. The number of carboxylic acid groups (broad SMARTS) is 1. The van der Waals surface area contributed by atoms with E-state index in [0.717, 1.165) is 32.1 Å². The Kier molecular flexibility index (Phi) is 16.5. The highest BCUT2D eigenvalue weighted by Crippen LogP contribution is 2.06. The molecule has 0 rings (SSSR count). The number of aliphatic carboxylic acids is 1. The van der Waals surface area contributed by atoms with Crippen LogP contribution in [0, 0.1) is 0 Å². The van der Waals surface area contributed by atoms with Crippen LogP contribution in [0.4, 0.5) is 0 Å². The summed E-state index contributed by atoms with van der Waals surface area (Å²) in [4.78, 5) is 10.3. The molecule has 24 heavy (non-hydrogen) atoms. The van der Waals surface area contributed by atoms with Crippen LogP contribution in [0.25, 0.3) is 0 Å². The Morgan fingerprint density at radius 3 is 2.33 bits per heavy atom. The molecule has 0 saturated heterocycles. The van der Waals surface area contributed by atoms with E-state index in [-0.39, 0.29) is 12.5 Å². The summed E-state index contributed by atoms with van der Waals surface area (Å²) in [5.74, 6) is -0.729. The van der Waals surface area contributed by atoms with Crippen LogP contribution in [0.2, 0.25) is 0 Å². The summed E-state index contributed by atoms with van der Waals surface area (Å²) in [5.41, 5.74) is 0. The average molecular weight is 335 g/mol. The van der Waals surface area contributed by atoms with Crippen molar-refractivity contribution in [3.63, 3.8) is 0 Å². The summed E-state index contributed by atoms with van der Waals surface area (Å²) < 4.78 is 0. The van der Waals surface area contributed by atoms with Crippen LogP contribution in [0.3, 0.4) is 0 Å². The Hall–Kier alpha value is -1.61. The number of aliphatic hydroxyl groups is 1. The third-order valence-electron chi connectivity index (χ3n) is 3.57. The van der Waals surface area contributed by atoms with E-state index in [9.17, 15) is 9.90 Å². The van der Waals surface area contributed by atoms with E-state index in [0.29, 0.717) is 6.42 Å². The normalized spacial score (nSPS) is 13.8. The summed E-state index contributed by atoms with van der Waals surface area (Å²) in [5, 5.41) is 18.3. The molecule has 0 spiro atoms. The Bertz CT molecular complexity index is 405. The van der Waals surface area contributed by atoms with Gasteiger partial charge >= 0.3 is 5.97 Å². The van der Waals surface area contributed by atoms with Gasteiger partial charge in [-0.2, -0.15) is 0 Å². The number of aliphatic hydroxyl groups excluding tert-OH is 1. The zero-order chi connectivity index (χ0) is 17.9. The first-order valence-electron chi connectivity index (χ1n) is 9.20. The van der Waals surface area contributed by atoms with E-state index in [1.807, 2.05) is 24.3 Å². The smallest absolute Gasteiger partial charge is 0.303 e. The van der Waals surface area contributed by atoms with Crippen molar-refractivity contribution in [1.29, 1.82) is 0 Å². The minimum absolute atomic E-state index is 0.242. The molecule has 136 valence electrons. The van der Waals surface area contributed by atoms with Crippen LogP contribution in [0.5, 0.6) is 0 Å². The number of carboxylic acids is 1. The van der Waals surface area contributed by atoms with Crippen molar-refractivity contribution in [3.8, 4) is 0 Å². The second-order valence-electron chi connectivity index (χ2n) is 5.93. The van der Waals surface area contributed by atoms with Crippen LogP contribution in [-0.4, -0.2) is 22.3 Å². The average Bonchev–Trinajstić information content (AvgIpc) is 2.55. The second kappa shape index (κ2) is 17.7. The highest BCUT2D eigenvalue weighted by Gasteiger charge is 1.97. The van der Waals surface area contributed by atoms with Crippen molar-refractivity contribution in [2.45, 2.75) is 77.2 Å². The standard InChI is InChI=1S/C21H34O3/c1-2-3-4-14-17-20(22)18-15-12-10-8-6-5-7-9-11-13-16-19-21(23)24/h5-6,9-12,15,18,20,22H,2-4,7-8,13-14,16-17,19H2,1H3,(H,23,24)/b6-5+,11-9+,12-10+,18-15+. The maximum atomic E-state index is 10.3. The Morgan fingerprint density at radius 1 is 0.917 bits per heavy atom. The van der Waals surface area contributed by atoms with Crippen molar-refractivity contribution < 1.29 is 15.0 Å². The molecular weight excluding hydrogens is 300 g/mol. The predicted octanol–water partition coefficient (Wildman–Crippen LogP) is 5.58. The van der Waals surface area contributed by atoms with Crippen LogP contribution in [-0.2, 0) is 4.79 Å². The van der Waals surface area contributed by atoms with Gasteiger partial charge in [0.2, 0.25) is 0 Å². The Morgan fingerprint density at radius 2 is 1.62 bits per heavy atom. The highest BCUT2D eigenvalue weighted by atomic mass is 16.4. The molecule has 0 fully saturated rings. The first-order chi connectivity index (χ1) is 11.7. The number of allylic oxidation sites excluding steroid dienone is 7. The van der Waals surface area contributed by atoms with Crippen molar-refractivity contribution in [2.24, 2.45) is 0 Å². The molecule has 0 heterocycles. The first-order valence-corrected chi connectivity index (χ1v) is 9.20. The third-order valence-corrected chi connectivity index (χ3v) is 3.57. The number of unbranched alkanes of at least 4 members (excludes halogenated alkanes) is 4. The lowest BCUT2D eigenvalue weighted by molar-refractivity contribution is -0.137. The predicted molar refractivity (Wildman–Crippen MR) is 102 cm³/mol. The van der Waals surface area contributed by atoms with Gasteiger partial charge in [0.1, 0.15) is 0 Å². The molecule has 1 atom stereocenters. The lowest BCUT2D eigenvalue weighted by Crippen LogP contribution is -2.00. The minimum atomic E-state index is -0.729. The van der Waals surface area contributed by atoms with Gasteiger partial charge in [0.25, 0.3) is 0 Å². The lowest BCUT2D eigenvalue weighted by Gasteiger charge is -2.03. The van der Waals surface area contributed by atoms with Crippen molar-refractivity contribution in [3.05, 3.63) is 48.6 Å². The van der Waals surface area contributed by atoms with E-state index in [4.69, 9.17) is 5.11 Å². The summed E-state index contributed by atoms with van der Waals surface area (Å²) >= 11 is 0. The molecule has 0 aromatic rings. The number of carbonyl (C=O) groups is 1. The largest absolute Gasteiger partial charge is 0.481 e. The van der Waals surface area contributed by atoms with E-state index in [1.165, 1.54) is 19.3 Å². The van der Waals surface area contributed by atoms with Crippen LogP contribution >= 0.6 is 0 Å². The molecule has 0 aromatic heterocycles. The van der Waals surface area contributed by atoms with E-state index in [1.54, 1.807) is 0 Å². The molecule has 0 radical (unpaired) electrons. The van der Waals surface area contributed by atoms with Crippen LogP contribution in [0.1, 0.15) is 71.1 Å². The number of rotatable bonds is 15. The topological polar surface area (TPSA) is 57.5 Å². The monoisotopic (exact) mass is 334 g/mol. The van der Waals surface area contributed by atoms with E-state index in [2.05, 4.69) is 31.2 Å². The molecule has 1 unspecified atom stereocenters. The highest BCUT2D eigenvalue weighted by molar-refractivity contribution is 5.66.